The maximum atomic E-state index is 12.1. The summed E-state index contributed by atoms with van der Waals surface area (Å²) >= 11 is 9.74. The third kappa shape index (κ3) is 8.03. The van der Waals surface area contributed by atoms with Crippen molar-refractivity contribution in [1.82, 2.24) is 4.90 Å². The summed E-state index contributed by atoms with van der Waals surface area (Å²) < 4.78 is 17.3. The van der Waals surface area contributed by atoms with Crippen LogP contribution < -0.4 is 10.1 Å². The van der Waals surface area contributed by atoms with Crippen LogP contribution in [0.4, 0.5) is 10.5 Å². The molecule has 0 aromatic heterocycles. The first-order chi connectivity index (χ1) is 14.9. The van der Waals surface area contributed by atoms with Gasteiger partial charge in [0.25, 0.3) is 0 Å². The Balaban J connectivity index is 1.93. The molecule has 2 atom stereocenters. The van der Waals surface area contributed by atoms with Gasteiger partial charge < -0.3 is 24.4 Å². The summed E-state index contributed by atoms with van der Waals surface area (Å²) in [6.45, 7) is 13.4. The molecule has 1 fully saturated rings. The third-order valence-corrected chi connectivity index (χ3v) is 6.11. The average molecular weight is 534 g/mol. The Morgan fingerprint density at radius 1 is 1.28 bits per heavy atom. The molecule has 0 saturated carbocycles. The van der Waals surface area contributed by atoms with Crippen LogP contribution >= 0.6 is 27.5 Å². The molecule has 1 aromatic carbocycles. The molecule has 1 aromatic rings. The maximum absolute atomic E-state index is 12.1. The number of carbonyl (C=O) groups excluding carboxylic acids is 2. The van der Waals surface area contributed by atoms with Crippen LogP contribution in [0.15, 0.2) is 16.6 Å². The minimum atomic E-state index is -0.498. The zero-order valence-corrected chi connectivity index (χ0v) is 22.0. The van der Waals surface area contributed by atoms with Crippen molar-refractivity contribution in [3.63, 3.8) is 0 Å². The van der Waals surface area contributed by atoms with Gasteiger partial charge in [0.2, 0.25) is 0 Å². The lowest BCUT2D eigenvalue weighted by atomic mass is 10.0. The Morgan fingerprint density at radius 3 is 2.53 bits per heavy atom. The number of ether oxygens (including phenoxy) is 3. The number of carbonyl (C=O) groups is 2. The molecule has 1 amide bonds. The molecule has 1 N–H and O–H groups in total. The summed E-state index contributed by atoms with van der Waals surface area (Å²) in [5, 5.41) is 3.96. The molecule has 1 aliphatic rings. The summed E-state index contributed by atoms with van der Waals surface area (Å²) in [7, 11) is 0. The van der Waals surface area contributed by atoms with E-state index in [1.165, 1.54) is 0 Å². The van der Waals surface area contributed by atoms with Gasteiger partial charge in [-0.2, -0.15) is 0 Å². The highest BCUT2D eigenvalue weighted by Gasteiger charge is 2.33. The van der Waals surface area contributed by atoms with E-state index in [1.807, 2.05) is 46.8 Å². The van der Waals surface area contributed by atoms with Crippen LogP contribution in [0, 0.1) is 11.8 Å². The number of benzene rings is 1. The maximum Gasteiger partial charge on any atom is 0.410 e. The van der Waals surface area contributed by atoms with E-state index in [4.69, 9.17) is 25.8 Å². The molecule has 1 unspecified atom stereocenters. The highest BCUT2D eigenvalue weighted by Crippen LogP contribution is 2.36. The van der Waals surface area contributed by atoms with Gasteiger partial charge in [-0.05, 0) is 69.1 Å². The molecule has 1 saturated heterocycles. The first kappa shape index (κ1) is 26.6. The molecule has 180 valence electrons. The van der Waals surface area contributed by atoms with Crippen LogP contribution in [0.3, 0.4) is 0 Å². The average Bonchev–Trinajstić information content (AvgIpc) is 2.62. The lowest BCUT2D eigenvalue weighted by Gasteiger charge is -2.40. The molecule has 32 heavy (non-hydrogen) atoms. The van der Waals surface area contributed by atoms with Crippen molar-refractivity contribution in [2.75, 3.05) is 31.6 Å². The second-order valence-corrected chi connectivity index (χ2v) is 10.5. The number of rotatable bonds is 9. The molecule has 2 rings (SSSR count). The van der Waals surface area contributed by atoms with Gasteiger partial charge in [-0.25, -0.2) is 4.79 Å². The number of amides is 1. The number of nitrogens with zero attached hydrogens (tertiary/aromatic N) is 1. The zero-order chi connectivity index (χ0) is 24.1. The van der Waals surface area contributed by atoms with Gasteiger partial charge in [-0.3, -0.25) is 4.79 Å². The summed E-state index contributed by atoms with van der Waals surface area (Å²) in [5.41, 5.74) is 0.270. The smallest absolute Gasteiger partial charge is 0.410 e. The largest absolute Gasteiger partial charge is 0.488 e. The number of hydrogen-bond donors (Lipinski definition) is 1. The lowest BCUT2D eigenvalue weighted by molar-refractivity contribution is -0.148. The van der Waals surface area contributed by atoms with Crippen LogP contribution in [0.5, 0.6) is 5.75 Å². The minimum Gasteiger partial charge on any atom is -0.488 e. The van der Waals surface area contributed by atoms with Crippen molar-refractivity contribution < 1.29 is 23.8 Å². The standard InChI is InChI=1S/C23H34BrClN2O5/c1-7-30-21(28)14(2)8-15(3)31-20-9-17(24)18(25)10-19(20)26-11-16-12-27(13-16)22(29)32-23(4,5)6/h9-10,14-16,26H,7-8,11-13H2,1-6H3/t14-,15?/m1/s1. The number of esters is 1. The molecule has 0 spiro atoms. The second-order valence-electron chi connectivity index (χ2n) is 9.21. The Labute approximate surface area is 204 Å². The molecular weight excluding hydrogens is 500 g/mol. The molecule has 0 aliphatic carbocycles. The van der Waals surface area contributed by atoms with Crippen LogP contribution in [-0.4, -0.2) is 54.9 Å². The van der Waals surface area contributed by atoms with Crippen LogP contribution in [0.2, 0.25) is 5.02 Å². The molecule has 1 aliphatic heterocycles. The summed E-state index contributed by atoms with van der Waals surface area (Å²) in [5.74, 6) is 0.469. The van der Waals surface area contributed by atoms with Gasteiger partial charge in [0.05, 0.1) is 29.3 Å². The van der Waals surface area contributed by atoms with Crippen molar-refractivity contribution >= 4 is 45.3 Å². The number of anilines is 1. The fraction of sp³-hybridized carbons (Fsp3) is 0.652. The predicted molar refractivity (Wildman–Crippen MR) is 129 cm³/mol. The molecular formula is C23H34BrClN2O5. The Hall–Kier alpha value is -1.67. The van der Waals surface area contributed by atoms with Crippen molar-refractivity contribution in [3.8, 4) is 5.75 Å². The Bertz CT molecular complexity index is 808. The third-order valence-electron chi connectivity index (χ3n) is 4.92. The number of nitrogens with one attached hydrogen (secondary N) is 1. The van der Waals surface area contributed by atoms with Gasteiger partial charge in [0.15, 0.2) is 0 Å². The first-order valence-electron chi connectivity index (χ1n) is 10.9. The van der Waals surface area contributed by atoms with Gasteiger partial charge >= 0.3 is 12.1 Å². The first-order valence-corrected chi connectivity index (χ1v) is 12.1. The highest BCUT2D eigenvalue weighted by atomic mass is 79.9. The SMILES string of the molecule is CCOC(=O)[C@H](C)CC(C)Oc1cc(Br)c(Cl)cc1NCC1CN(C(=O)OC(C)(C)C)C1. The van der Waals surface area contributed by atoms with E-state index in [0.29, 0.717) is 49.4 Å². The van der Waals surface area contributed by atoms with E-state index >= 15 is 0 Å². The van der Waals surface area contributed by atoms with Crippen molar-refractivity contribution in [1.29, 1.82) is 0 Å². The van der Waals surface area contributed by atoms with Gasteiger partial charge in [-0.15, -0.1) is 0 Å². The van der Waals surface area contributed by atoms with E-state index in [1.54, 1.807) is 11.8 Å². The van der Waals surface area contributed by atoms with Crippen molar-refractivity contribution in [3.05, 3.63) is 21.6 Å². The van der Waals surface area contributed by atoms with E-state index in [2.05, 4.69) is 21.2 Å². The van der Waals surface area contributed by atoms with Gasteiger partial charge in [0.1, 0.15) is 11.4 Å². The topological polar surface area (TPSA) is 77.1 Å². The Morgan fingerprint density at radius 2 is 1.94 bits per heavy atom. The minimum absolute atomic E-state index is 0.200. The highest BCUT2D eigenvalue weighted by molar-refractivity contribution is 9.10. The van der Waals surface area contributed by atoms with E-state index < -0.39 is 5.60 Å². The summed E-state index contributed by atoms with van der Waals surface area (Å²) in [4.78, 5) is 25.7. The predicted octanol–water partition coefficient (Wildman–Crippen LogP) is 5.74. The van der Waals surface area contributed by atoms with E-state index in [0.717, 1.165) is 10.2 Å². The van der Waals surface area contributed by atoms with Crippen LogP contribution in [0.1, 0.15) is 48.0 Å². The van der Waals surface area contributed by atoms with Crippen molar-refractivity contribution in [2.45, 2.75) is 59.7 Å². The van der Waals surface area contributed by atoms with Crippen molar-refractivity contribution in [2.24, 2.45) is 11.8 Å². The van der Waals surface area contributed by atoms with Gasteiger partial charge in [-0.1, -0.05) is 18.5 Å². The van der Waals surface area contributed by atoms with Crippen LogP contribution in [-0.2, 0) is 14.3 Å². The van der Waals surface area contributed by atoms with E-state index in [9.17, 15) is 9.59 Å². The molecule has 9 heteroatoms. The van der Waals surface area contributed by atoms with Gasteiger partial charge in [0, 0.05) is 30.0 Å². The fourth-order valence-electron chi connectivity index (χ4n) is 3.34. The molecule has 0 radical (unpaired) electrons. The van der Waals surface area contributed by atoms with Crippen LogP contribution in [0.25, 0.3) is 0 Å². The monoisotopic (exact) mass is 532 g/mol. The number of hydrogen-bond acceptors (Lipinski definition) is 6. The summed E-state index contributed by atoms with van der Waals surface area (Å²) in [6, 6.07) is 3.64. The summed E-state index contributed by atoms with van der Waals surface area (Å²) in [6.07, 6.45) is 0.0508. The quantitative estimate of drug-likeness (QED) is 0.408. The number of likely N-dealkylation sites (tertiary alicyclic amines) is 1. The fourth-order valence-corrected chi connectivity index (χ4v) is 3.82. The number of halogens is 2. The Kier molecular flexibility index (Phi) is 9.52. The second kappa shape index (κ2) is 11.5. The molecule has 7 nitrogen and oxygen atoms in total. The molecule has 0 bridgehead atoms. The van der Waals surface area contributed by atoms with E-state index in [-0.39, 0.29) is 24.1 Å². The lowest BCUT2D eigenvalue weighted by Crippen LogP contribution is -2.53. The zero-order valence-electron chi connectivity index (χ0n) is 19.7. The normalized spacial score (nSPS) is 16.1. The molecule has 1 heterocycles.